The minimum atomic E-state index is -4.59. The number of nitrogens with zero attached hydrogens (tertiary/aromatic N) is 6. The first-order valence-electron chi connectivity index (χ1n) is 19.4. The van der Waals surface area contributed by atoms with Crippen molar-refractivity contribution in [2.45, 2.75) is 74.9 Å². The van der Waals surface area contributed by atoms with Crippen LogP contribution < -0.4 is 31.9 Å². The van der Waals surface area contributed by atoms with Crippen LogP contribution in [-0.4, -0.2) is 68.2 Å². The average molecular weight is 871 g/mol. The van der Waals surface area contributed by atoms with Gasteiger partial charge >= 0.3 is 24.5 Å². The van der Waals surface area contributed by atoms with E-state index in [4.69, 9.17) is 20.9 Å². The van der Waals surface area contributed by atoms with Crippen molar-refractivity contribution in [3.63, 3.8) is 0 Å². The first-order chi connectivity index (χ1) is 29.3. The lowest BCUT2D eigenvalue weighted by Gasteiger charge is -2.34. The van der Waals surface area contributed by atoms with Gasteiger partial charge in [0.05, 0.1) is 35.6 Å². The fraction of sp³-hybridized carbons (Fsp3) is 0.400. The Labute approximate surface area is 349 Å². The van der Waals surface area contributed by atoms with Gasteiger partial charge in [0.15, 0.2) is 5.82 Å². The molecule has 2 aliphatic heterocycles. The molecule has 2 saturated carbocycles. The van der Waals surface area contributed by atoms with Crippen molar-refractivity contribution >= 4 is 58.6 Å². The molecule has 4 aliphatic rings. The lowest BCUT2D eigenvalue weighted by molar-refractivity contribution is -0.138. The van der Waals surface area contributed by atoms with E-state index in [0.717, 1.165) is 12.1 Å². The fourth-order valence-corrected chi connectivity index (χ4v) is 7.88. The zero-order chi connectivity index (χ0) is 44.5. The van der Waals surface area contributed by atoms with Crippen molar-refractivity contribution in [1.82, 2.24) is 19.9 Å². The molecule has 2 aliphatic carbocycles. The molecule has 2 spiro atoms. The summed E-state index contributed by atoms with van der Waals surface area (Å²) >= 11 is 0. The summed E-state index contributed by atoms with van der Waals surface area (Å²) in [5, 5.41) is 4.97. The molecule has 4 amide bonds. The van der Waals surface area contributed by atoms with Gasteiger partial charge in [-0.2, -0.15) is 26.3 Å². The molecule has 2 saturated heterocycles. The summed E-state index contributed by atoms with van der Waals surface area (Å²) in [6.45, 7) is 0.687. The summed E-state index contributed by atoms with van der Waals surface area (Å²) in [6.07, 6.45) is -2.06. The first-order valence-corrected chi connectivity index (χ1v) is 19.4. The monoisotopic (exact) mass is 870 g/mol. The van der Waals surface area contributed by atoms with Crippen LogP contribution in [0, 0.1) is 11.8 Å². The number of hydrogen-bond acceptors (Lipinski definition) is 12. The van der Waals surface area contributed by atoms with E-state index in [1.807, 2.05) is 0 Å². The van der Waals surface area contributed by atoms with Crippen LogP contribution in [0.1, 0.15) is 62.5 Å². The molecule has 16 nitrogen and oxygen atoms in total. The van der Waals surface area contributed by atoms with Gasteiger partial charge in [-0.1, -0.05) is 12.1 Å². The topological polar surface area (TPSA) is 221 Å². The van der Waals surface area contributed by atoms with Crippen LogP contribution >= 0.6 is 0 Å². The van der Waals surface area contributed by atoms with E-state index in [-0.39, 0.29) is 28.9 Å². The lowest BCUT2D eigenvalue weighted by atomic mass is 9.78. The number of nitrogens with two attached hydrogens (primary N) is 2. The van der Waals surface area contributed by atoms with Crippen LogP contribution in [0.15, 0.2) is 73.3 Å². The van der Waals surface area contributed by atoms with E-state index in [2.05, 4.69) is 30.6 Å². The SMILES string of the molecule is Nc1cc(C(F)(F)F)cnc1NC(=O)C1CCC2(CC1)CN(c1ccccn1)C(=O)O2.Nc1ncc(C(F)(F)F)cc1NC(=O)C1CCC2(CC1)CN(c1ccccn1)C(=O)O2. The van der Waals surface area contributed by atoms with Gasteiger partial charge < -0.3 is 31.6 Å². The molecule has 0 bridgehead atoms. The smallest absolute Gasteiger partial charge is 0.417 e. The van der Waals surface area contributed by atoms with E-state index < -0.39 is 64.6 Å². The van der Waals surface area contributed by atoms with E-state index >= 15 is 0 Å². The number of hydrogen-bond donors (Lipinski definition) is 4. The minimum absolute atomic E-state index is 0.105. The first kappa shape index (κ1) is 43.4. The number of pyridine rings is 4. The Morgan fingerprint density at radius 2 is 1.11 bits per heavy atom. The third kappa shape index (κ3) is 9.57. The second-order valence-corrected chi connectivity index (χ2v) is 15.5. The number of halogens is 6. The van der Waals surface area contributed by atoms with Crippen molar-refractivity contribution in [3.05, 3.63) is 84.4 Å². The minimum Gasteiger partial charge on any atom is -0.441 e. The molecule has 4 fully saturated rings. The van der Waals surface area contributed by atoms with Gasteiger partial charge in [0, 0.05) is 36.6 Å². The maximum atomic E-state index is 12.9. The molecule has 0 radical (unpaired) electrons. The molecular weight excluding hydrogens is 830 g/mol. The number of amides is 4. The number of carbonyl (C=O) groups excluding carboxylic acids is 4. The van der Waals surface area contributed by atoms with Gasteiger partial charge in [-0.25, -0.2) is 29.5 Å². The molecule has 22 heteroatoms. The summed E-state index contributed by atoms with van der Waals surface area (Å²) < 4.78 is 88.2. The van der Waals surface area contributed by atoms with Crippen LogP contribution in [0.25, 0.3) is 0 Å². The predicted molar refractivity (Wildman–Crippen MR) is 210 cm³/mol. The molecule has 6 N–H and O–H groups in total. The Balaban J connectivity index is 0.000000186. The van der Waals surface area contributed by atoms with E-state index in [1.165, 1.54) is 9.80 Å². The molecule has 4 aromatic heterocycles. The van der Waals surface area contributed by atoms with Crippen LogP contribution in [-0.2, 0) is 31.4 Å². The van der Waals surface area contributed by atoms with Gasteiger partial charge in [0.1, 0.15) is 28.7 Å². The van der Waals surface area contributed by atoms with Gasteiger partial charge in [-0.3, -0.25) is 19.4 Å². The second kappa shape index (κ2) is 17.0. The Morgan fingerprint density at radius 3 is 1.55 bits per heavy atom. The molecule has 8 rings (SSSR count). The molecule has 0 aromatic carbocycles. The molecular formula is C40H40F6N10O6. The second-order valence-electron chi connectivity index (χ2n) is 15.5. The largest absolute Gasteiger partial charge is 0.441 e. The number of aromatic nitrogens is 4. The van der Waals surface area contributed by atoms with Crippen LogP contribution in [0.5, 0.6) is 0 Å². The number of carbonyl (C=O) groups is 4. The Kier molecular flexibility index (Phi) is 11.9. The maximum Gasteiger partial charge on any atom is 0.417 e. The van der Waals surface area contributed by atoms with Gasteiger partial charge in [-0.05, 0) is 87.8 Å². The third-order valence-electron chi connectivity index (χ3n) is 11.3. The number of anilines is 6. The normalized spacial score (nSPS) is 23.6. The highest BCUT2D eigenvalue weighted by molar-refractivity contribution is 5.96. The number of rotatable bonds is 6. The number of nitrogens with one attached hydrogen (secondary N) is 2. The standard InChI is InChI=1S/2C20H20F3N5O3/c21-20(22,23)13-9-14(16(24)26-10-13)27-17(29)12-4-6-19(7-5-12)11-28(18(30)31-19)15-3-1-2-8-25-15;21-20(22,23)13-9-14(24)16(26-10-13)27-17(29)12-4-6-19(7-5-12)11-28(18(30)31-19)15-3-1-2-8-25-15/h1-3,8-10,12H,4-7,11H2,(H2,24,26)(H,27,29);1-3,8-10,12H,4-7,11,24H2,(H,26,27,29). The summed E-state index contributed by atoms with van der Waals surface area (Å²) in [6, 6.07) is 12.0. The Hall–Kier alpha value is -6.74. The van der Waals surface area contributed by atoms with Crippen molar-refractivity contribution in [2.75, 3.05) is 45.0 Å². The van der Waals surface area contributed by atoms with Gasteiger partial charge in [0.2, 0.25) is 11.8 Å². The molecule has 0 unspecified atom stereocenters. The molecule has 0 atom stereocenters. The zero-order valence-electron chi connectivity index (χ0n) is 32.7. The molecule has 6 heterocycles. The van der Waals surface area contributed by atoms with E-state index in [0.29, 0.717) is 88.5 Å². The van der Waals surface area contributed by atoms with E-state index in [9.17, 15) is 45.5 Å². The zero-order valence-corrected chi connectivity index (χ0v) is 32.7. The summed E-state index contributed by atoms with van der Waals surface area (Å²) in [4.78, 5) is 68.3. The van der Waals surface area contributed by atoms with Crippen molar-refractivity contribution in [2.24, 2.45) is 11.8 Å². The maximum absolute atomic E-state index is 12.9. The van der Waals surface area contributed by atoms with Crippen LogP contribution in [0.4, 0.5) is 70.6 Å². The predicted octanol–water partition coefficient (Wildman–Crippen LogP) is 7.20. The number of alkyl halides is 6. The van der Waals surface area contributed by atoms with E-state index in [1.54, 1.807) is 48.8 Å². The number of nitrogen functional groups attached to an aromatic ring is 2. The van der Waals surface area contributed by atoms with Crippen molar-refractivity contribution in [1.29, 1.82) is 0 Å². The fourth-order valence-electron chi connectivity index (χ4n) is 7.88. The Bertz CT molecular complexity index is 2300. The summed E-state index contributed by atoms with van der Waals surface area (Å²) in [7, 11) is 0. The van der Waals surface area contributed by atoms with Crippen LogP contribution in [0.3, 0.4) is 0 Å². The lowest BCUT2D eigenvalue weighted by Crippen LogP contribution is -2.41. The van der Waals surface area contributed by atoms with Crippen LogP contribution in [0.2, 0.25) is 0 Å². The quantitative estimate of drug-likeness (QED) is 0.141. The molecule has 62 heavy (non-hydrogen) atoms. The summed E-state index contributed by atoms with van der Waals surface area (Å²) in [5.41, 5.74) is 7.46. The van der Waals surface area contributed by atoms with Gasteiger partial charge in [-0.15, -0.1) is 0 Å². The summed E-state index contributed by atoms with van der Waals surface area (Å²) in [5.74, 6) is -0.937. The van der Waals surface area contributed by atoms with Crippen molar-refractivity contribution < 1.29 is 55.0 Å². The highest BCUT2D eigenvalue weighted by Gasteiger charge is 2.50. The van der Waals surface area contributed by atoms with Crippen molar-refractivity contribution in [3.8, 4) is 0 Å². The molecule has 328 valence electrons. The highest BCUT2D eigenvalue weighted by atomic mass is 19.4. The average Bonchev–Trinajstić information content (AvgIpc) is 3.74. The third-order valence-corrected chi connectivity index (χ3v) is 11.3. The molecule has 4 aromatic rings. The Morgan fingerprint density at radius 1 is 0.661 bits per heavy atom. The van der Waals surface area contributed by atoms with Gasteiger partial charge in [0.25, 0.3) is 0 Å². The highest BCUT2D eigenvalue weighted by Crippen LogP contribution is 2.43. The number of ether oxygens (including phenoxy) is 2.